The Kier molecular flexibility index (Phi) is 5.28. The van der Waals surface area contributed by atoms with Gasteiger partial charge in [-0.3, -0.25) is 14.6 Å². The van der Waals surface area contributed by atoms with E-state index in [1.807, 2.05) is 18.2 Å². The molecule has 0 saturated heterocycles. The van der Waals surface area contributed by atoms with Gasteiger partial charge in [0.05, 0.1) is 12.2 Å². The fraction of sp³-hybridized carbons (Fsp3) is 0.105. The van der Waals surface area contributed by atoms with Gasteiger partial charge in [0.2, 0.25) is 5.95 Å². The second kappa shape index (κ2) is 7.98. The molecule has 0 fully saturated rings. The Labute approximate surface area is 150 Å². The Balaban J connectivity index is 1.68. The topological polar surface area (TPSA) is 96.9 Å². The van der Waals surface area contributed by atoms with Crippen molar-refractivity contribution in [2.45, 2.75) is 13.5 Å². The molecule has 2 N–H and O–H groups in total. The van der Waals surface area contributed by atoms with Gasteiger partial charge in [-0.25, -0.2) is 9.97 Å². The molecule has 0 saturated carbocycles. The number of carbonyl (C=O) groups is 2. The van der Waals surface area contributed by atoms with E-state index >= 15 is 0 Å². The van der Waals surface area contributed by atoms with Crippen LogP contribution in [-0.2, 0) is 6.54 Å². The highest BCUT2D eigenvalue weighted by Crippen LogP contribution is 2.15. The van der Waals surface area contributed by atoms with E-state index in [0.29, 0.717) is 17.8 Å². The first kappa shape index (κ1) is 17.2. The molecule has 0 bridgehead atoms. The molecule has 0 radical (unpaired) electrons. The first-order valence-electron chi connectivity index (χ1n) is 8.01. The third-order valence-electron chi connectivity index (χ3n) is 3.57. The number of nitrogens with one attached hydrogen (secondary N) is 2. The van der Waals surface area contributed by atoms with Crippen molar-refractivity contribution in [2.75, 3.05) is 5.32 Å². The number of anilines is 2. The number of amides is 1. The molecular formula is C19H17N5O2. The lowest BCUT2D eigenvalue weighted by Crippen LogP contribution is -2.24. The van der Waals surface area contributed by atoms with Crippen LogP contribution in [0.2, 0.25) is 0 Å². The van der Waals surface area contributed by atoms with Gasteiger partial charge in [0.15, 0.2) is 5.78 Å². The Hall–Kier alpha value is -3.61. The Bertz CT molecular complexity index is 928. The number of carbonyl (C=O) groups excluding carboxylic acids is 2. The van der Waals surface area contributed by atoms with E-state index in [-0.39, 0.29) is 23.3 Å². The quantitative estimate of drug-likeness (QED) is 0.666. The van der Waals surface area contributed by atoms with Crippen LogP contribution in [0.1, 0.15) is 33.5 Å². The fourth-order valence-electron chi connectivity index (χ4n) is 2.25. The van der Waals surface area contributed by atoms with Crippen molar-refractivity contribution in [3.05, 3.63) is 77.9 Å². The van der Waals surface area contributed by atoms with Gasteiger partial charge in [0.25, 0.3) is 5.91 Å². The molecule has 2 aromatic heterocycles. The number of benzene rings is 1. The van der Waals surface area contributed by atoms with Crippen LogP contribution in [0.5, 0.6) is 0 Å². The van der Waals surface area contributed by atoms with Crippen molar-refractivity contribution in [2.24, 2.45) is 0 Å². The zero-order valence-corrected chi connectivity index (χ0v) is 14.1. The summed E-state index contributed by atoms with van der Waals surface area (Å²) in [4.78, 5) is 36.2. The first-order chi connectivity index (χ1) is 12.6. The Morgan fingerprint density at radius 1 is 1.00 bits per heavy atom. The zero-order chi connectivity index (χ0) is 18.4. The molecule has 1 aromatic carbocycles. The van der Waals surface area contributed by atoms with Crippen LogP contribution in [0.25, 0.3) is 0 Å². The predicted octanol–water partition coefficient (Wildman–Crippen LogP) is 2.75. The lowest BCUT2D eigenvalue weighted by Gasteiger charge is -2.08. The van der Waals surface area contributed by atoms with Crippen LogP contribution < -0.4 is 10.6 Å². The standard InChI is InChI=1S/C19H17N5O2/c1-13(25)14-5-4-7-15(11-14)23-19-21-10-8-17(24-19)18(26)22-12-16-6-2-3-9-20-16/h2-11H,12H2,1H3,(H,22,26)(H,21,23,24). The minimum atomic E-state index is -0.321. The summed E-state index contributed by atoms with van der Waals surface area (Å²) in [6.07, 6.45) is 3.17. The number of Topliss-reactive ketones (excluding diaryl/α,β-unsaturated/α-hetero) is 1. The third kappa shape index (κ3) is 4.47. The van der Waals surface area contributed by atoms with Crippen molar-refractivity contribution < 1.29 is 9.59 Å². The molecule has 0 aliphatic carbocycles. The van der Waals surface area contributed by atoms with Gasteiger partial charge in [-0.15, -0.1) is 0 Å². The summed E-state index contributed by atoms with van der Waals surface area (Å²) in [5.74, 6) is -0.0769. The maximum absolute atomic E-state index is 12.3. The van der Waals surface area contributed by atoms with Crippen LogP contribution in [0, 0.1) is 0 Å². The lowest BCUT2D eigenvalue weighted by molar-refractivity contribution is 0.0944. The maximum Gasteiger partial charge on any atom is 0.270 e. The molecule has 130 valence electrons. The summed E-state index contributed by atoms with van der Waals surface area (Å²) in [5, 5.41) is 5.77. The zero-order valence-electron chi connectivity index (χ0n) is 14.1. The lowest BCUT2D eigenvalue weighted by atomic mass is 10.1. The average Bonchev–Trinajstić information content (AvgIpc) is 2.67. The number of pyridine rings is 1. The molecule has 0 atom stereocenters. The van der Waals surface area contributed by atoms with Crippen molar-refractivity contribution in [1.29, 1.82) is 0 Å². The van der Waals surface area contributed by atoms with E-state index in [1.54, 1.807) is 30.5 Å². The molecule has 3 rings (SSSR count). The smallest absolute Gasteiger partial charge is 0.270 e. The number of hydrogen-bond donors (Lipinski definition) is 2. The monoisotopic (exact) mass is 347 g/mol. The van der Waals surface area contributed by atoms with Gasteiger partial charge in [-0.05, 0) is 37.3 Å². The van der Waals surface area contributed by atoms with Crippen molar-refractivity contribution in [3.8, 4) is 0 Å². The van der Waals surface area contributed by atoms with Gasteiger partial charge in [0.1, 0.15) is 5.69 Å². The largest absolute Gasteiger partial charge is 0.345 e. The molecule has 7 nitrogen and oxygen atoms in total. The fourth-order valence-corrected chi connectivity index (χ4v) is 2.25. The predicted molar refractivity (Wildman–Crippen MR) is 97.2 cm³/mol. The van der Waals surface area contributed by atoms with Crippen molar-refractivity contribution in [3.63, 3.8) is 0 Å². The molecule has 0 aliphatic rings. The van der Waals surface area contributed by atoms with Gasteiger partial charge in [0, 0.05) is 23.6 Å². The highest BCUT2D eigenvalue weighted by Gasteiger charge is 2.09. The molecule has 1 amide bonds. The SMILES string of the molecule is CC(=O)c1cccc(Nc2nccc(C(=O)NCc3ccccn3)n2)c1. The summed E-state index contributed by atoms with van der Waals surface area (Å²) in [5.41, 5.74) is 2.25. The number of aromatic nitrogens is 3. The second-order valence-corrected chi connectivity index (χ2v) is 5.53. The molecule has 0 unspecified atom stereocenters. The van der Waals surface area contributed by atoms with Crippen LogP contribution in [0.15, 0.2) is 60.9 Å². The highest BCUT2D eigenvalue weighted by molar-refractivity contribution is 5.95. The molecule has 2 heterocycles. The molecule has 26 heavy (non-hydrogen) atoms. The number of nitrogens with zero attached hydrogens (tertiary/aromatic N) is 3. The van der Waals surface area contributed by atoms with Gasteiger partial charge in [-0.1, -0.05) is 18.2 Å². The number of ketones is 1. The van der Waals surface area contributed by atoms with Crippen LogP contribution in [0.4, 0.5) is 11.6 Å². The van der Waals surface area contributed by atoms with E-state index in [0.717, 1.165) is 5.69 Å². The van der Waals surface area contributed by atoms with Crippen molar-refractivity contribution >= 4 is 23.3 Å². The molecule has 3 aromatic rings. The van der Waals surface area contributed by atoms with Crippen LogP contribution >= 0.6 is 0 Å². The average molecular weight is 347 g/mol. The molecule has 7 heteroatoms. The maximum atomic E-state index is 12.3. The van der Waals surface area contributed by atoms with E-state index in [4.69, 9.17) is 0 Å². The third-order valence-corrected chi connectivity index (χ3v) is 3.57. The Morgan fingerprint density at radius 3 is 2.65 bits per heavy atom. The summed E-state index contributed by atoms with van der Waals surface area (Å²) in [7, 11) is 0. The molecular weight excluding hydrogens is 330 g/mol. The number of hydrogen-bond acceptors (Lipinski definition) is 6. The Morgan fingerprint density at radius 2 is 1.88 bits per heavy atom. The van der Waals surface area contributed by atoms with Crippen molar-refractivity contribution in [1.82, 2.24) is 20.3 Å². The summed E-state index contributed by atoms with van der Waals surface area (Å²) >= 11 is 0. The summed E-state index contributed by atoms with van der Waals surface area (Å²) in [6, 6.07) is 14.0. The summed E-state index contributed by atoms with van der Waals surface area (Å²) in [6.45, 7) is 1.81. The van der Waals surface area contributed by atoms with Gasteiger partial charge < -0.3 is 10.6 Å². The summed E-state index contributed by atoms with van der Waals surface area (Å²) < 4.78 is 0. The van der Waals surface area contributed by atoms with Gasteiger partial charge in [-0.2, -0.15) is 0 Å². The van der Waals surface area contributed by atoms with E-state index in [2.05, 4.69) is 25.6 Å². The normalized spacial score (nSPS) is 10.2. The molecule has 0 aliphatic heterocycles. The highest BCUT2D eigenvalue weighted by atomic mass is 16.2. The van der Waals surface area contributed by atoms with Gasteiger partial charge >= 0.3 is 0 Å². The number of rotatable bonds is 6. The molecule has 0 spiro atoms. The van der Waals surface area contributed by atoms with E-state index < -0.39 is 0 Å². The van der Waals surface area contributed by atoms with E-state index in [1.165, 1.54) is 19.2 Å². The van der Waals surface area contributed by atoms with Crippen LogP contribution in [0.3, 0.4) is 0 Å². The van der Waals surface area contributed by atoms with Crippen LogP contribution in [-0.4, -0.2) is 26.6 Å². The minimum Gasteiger partial charge on any atom is -0.345 e. The van der Waals surface area contributed by atoms with E-state index in [9.17, 15) is 9.59 Å². The second-order valence-electron chi connectivity index (χ2n) is 5.53. The first-order valence-corrected chi connectivity index (χ1v) is 8.01. The minimum absolute atomic E-state index is 0.0304.